The third kappa shape index (κ3) is 3.94. The number of hydrogen-bond donors (Lipinski definition) is 0. The molecule has 1 atom stereocenters. The lowest BCUT2D eigenvalue weighted by Gasteiger charge is -2.30. The highest BCUT2D eigenvalue weighted by Gasteiger charge is 2.27. The largest absolute Gasteiger partial charge is 0.452 e. The van der Waals surface area contributed by atoms with E-state index in [0.717, 1.165) is 12.0 Å². The molecule has 0 N–H and O–H groups in total. The van der Waals surface area contributed by atoms with Crippen molar-refractivity contribution in [2.24, 2.45) is 0 Å². The monoisotopic (exact) mass is 394 g/mol. The predicted octanol–water partition coefficient (Wildman–Crippen LogP) is 2.50. The minimum Gasteiger partial charge on any atom is -0.452 e. The Bertz CT molecular complexity index is 1110. The lowest BCUT2D eigenvalue weighted by Crippen LogP contribution is -2.42. The quantitative estimate of drug-likeness (QED) is 0.621. The highest BCUT2D eigenvalue weighted by Crippen LogP contribution is 2.19. The van der Waals surface area contributed by atoms with E-state index in [9.17, 15) is 14.4 Å². The van der Waals surface area contributed by atoms with E-state index < -0.39 is 17.8 Å². The number of aromatic nitrogens is 1. The Morgan fingerprint density at radius 1 is 1.10 bits per heavy atom. The van der Waals surface area contributed by atoms with Gasteiger partial charge in [-0.3, -0.25) is 14.2 Å². The summed E-state index contributed by atoms with van der Waals surface area (Å²) in [4.78, 5) is 38.6. The first-order valence-corrected chi connectivity index (χ1v) is 9.66. The van der Waals surface area contributed by atoms with Crippen molar-refractivity contribution in [3.63, 3.8) is 0 Å². The molecule has 4 rings (SSSR count). The molecule has 0 saturated carbocycles. The Hall–Kier alpha value is -3.35. The van der Waals surface area contributed by atoms with Gasteiger partial charge in [0.05, 0.1) is 11.9 Å². The van der Waals surface area contributed by atoms with E-state index in [0.29, 0.717) is 24.2 Å². The van der Waals surface area contributed by atoms with Crippen LogP contribution >= 0.6 is 0 Å². The zero-order valence-corrected chi connectivity index (χ0v) is 16.2. The third-order valence-corrected chi connectivity index (χ3v) is 5.21. The fourth-order valence-electron chi connectivity index (χ4n) is 3.68. The van der Waals surface area contributed by atoms with Gasteiger partial charge in [-0.25, -0.2) is 4.79 Å². The maximum Gasteiger partial charge on any atom is 0.419 e. The van der Waals surface area contributed by atoms with Crippen LogP contribution in [0.4, 0.5) is 0 Å². The van der Waals surface area contributed by atoms with Crippen LogP contribution in [-0.2, 0) is 33.8 Å². The molecule has 0 aliphatic carbocycles. The lowest BCUT2D eigenvalue weighted by molar-refractivity contribution is -0.159. The summed E-state index contributed by atoms with van der Waals surface area (Å²) < 4.78 is 11.9. The first-order chi connectivity index (χ1) is 14.0. The summed E-state index contributed by atoms with van der Waals surface area (Å²) in [5.41, 5.74) is 3.47. The minimum absolute atomic E-state index is 0.0239. The molecule has 7 nitrogen and oxygen atoms in total. The standard InChI is InChI=1S/C22H22N2O5/c1-15(21(26)23-12-10-16-6-2-3-7-17(16)14-23)28-20(25)11-13-24-18-8-4-5-9-19(18)29-22(24)27/h2-9,15H,10-14H2,1H3/t15-/m1/s1. The van der Waals surface area contributed by atoms with Gasteiger partial charge in [0.2, 0.25) is 0 Å². The maximum absolute atomic E-state index is 12.7. The number of hydrogen-bond acceptors (Lipinski definition) is 5. The van der Waals surface area contributed by atoms with Crippen LogP contribution in [0, 0.1) is 0 Å². The van der Waals surface area contributed by atoms with E-state index in [-0.39, 0.29) is 18.9 Å². The van der Waals surface area contributed by atoms with Gasteiger partial charge >= 0.3 is 11.7 Å². The number of ether oxygens (including phenoxy) is 1. The van der Waals surface area contributed by atoms with Crippen LogP contribution in [0.3, 0.4) is 0 Å². The highest BCUT2D eigenvalue weighted by atomic mass is 16.5. The van der Waals surface area contributed by atoms with Gasteiger partial charge in [-0.05, 0) is 36.6 Å². The first kappa shape index (κ1) is 19.0. The summed E-state index contributed by atoms with van der Waals surface area (Å²) in [5, 5.41) is 0. The average molecular weight is 394 g/mol. The maximum atomic E-state index is 12.7. The van der Waals surface area contributed by atoms with E-state index in [1.807, 2.05) is 18.2 Å². The second kappa shape index (κ2) is 7.95. The van der Waals surface area contributed by atoms with E-state index in [2.05, 4.69) is 6.07 Å². The Morgan fingerprint density at radius 2 is 1.83 bits per heavy atom. The third-order valence-electron chi connectivity index (χ3n) is 5.21. The van der Waals surface area contributed by atoms with Crippen molar-refractivity contribution in [3.8, 4) is 0 Å². The number of esters is 1. The highest BCUT2D eigenvalue weighted by molar-refractivity contribution is 5.83. The van der Waals surface area contributed by atoms with Gasteiger partial charge in [0, 0.05) is 19.6 Å². The summed E-state index contributed by atoms with van der Waals surface area (Å²) in [6.45, 7) is 2.84. The van der Waals surface area contributed by atoms with Crippen molar-refractivity contribution in [3.05, 3.63) is 70.2 Å². The molecule has 1 amide bonds. The summed E-state index contributed by atoms with van der Waals surface area (Å²) >= 11 is 0. The Balaban J connectivity index is 1.34. The van der Waals surface area contributed by atoms with Crippen molar-refractivity contribution in [1.82, 2.24) is 9.47 Å². The molecule has 0 spiro atoms. The molecule has 2 aromatic carbocycles. The number of para-hydroxylation sites is 2. The second-order valence-electron chi connectivity index (χ2n) is 7.15. The Kier molecular flexibility index (Phi) is 5.20. The lowest BCUT2D eigenvalue weighted by atomic mass is 9.99. The SMILES string of the molecule is C[C@@H](OC(=O)CCn1c(=O)oc2ccccc21)C(=O)N1CCc2ccccc2C1. The summed E-state index contributed by atoms with van der Waals surface area (Å²) in [6, 6.07) is 15.1. The number of carbonyl (C=O) groups excluding carboxylic acids is 2. The van der Waals surface area contributed by atoms with E-state index in [1.165, 1.54) is 10.1 Å². The van der Waals surface area contributed by atoms with Crippen LogP contribution in [0.1, 0.15) is 24.5 Å². The van der Waals surface area contributed by atoms with Crippen LogP contribution in [0.15, 0.2) is 57.7 Å². The Morgan fingerprint density at radius 3 is 2.66 bits per heavy atom. The molecular weight excluding hydrogens is 372 g/mol. The van der Waals surface area contributed by atoms with Gasteiger partial charge in [-0.1, -0.05) is 36.4 Å². The molecule has 1 aromatic heterocycles. The number of aryl methyl sites for hydroxylation is 1. The number of fused-ring (bicyclic) bond motifs is 2. The normalized spacial score (nSPS) is 14.4. The number of oxazole rings is 1. The molecule has 7 heteroatoms. The van der Waals surface area contributed by atoms with Crippen molar-refractivity contribution in [2.45, 2.75) is 39.0 Å². The average Bonchev–Trinajstić information content (AvgIpc) is 3.06. The minimum atomic E-state index is -0.870. The topological polar surface area (TPSA) is 81.7 Å². The smallest absolute Gasteiger partial charge is 0.419 e. The Labute approximate surface area is 167 Å². The van der Waals surface area contributed by atoms with Gasteiger partial charge < -0.3 is 14.1 Å². The van der Waals surface area contributed by atoms with E-state index >= 15 is 0 Å². The van der Waals surface area contributed by atoms with Gasteiger partial charge in [0.25, 0.3) is 5.91 Å². The molecule has 3 aromatic rings. The van der Waals surface area contributed by atoms with Gasteiger partial charge in [-0.2, -0.15) is 0 Å². The molecule has 0 unspecified atom stereocenters. The number of carbonyl (C=O) groups is 2. The number of amides is 1. The molecule has 1 aliphatic rings. The molecule has 0 radical (unpaired) electrons. The van der Waals surface area contributed by atoms with Gasteiger partial charge in [-0.15, -0.1) is 0 Å². The number of nitrogens with zero attached hydrogens (tertiary/aromatic N) is 2. The van der Waals surface area contributed by atoms with Crippen LogP contribution in [0.5, 0.6) is 0 Å². The fourth-order valence-corrected chi connectivity index (χ4v) is 3.68. The van der Waals surface area contributed by atoms with Crippen LogP contribution in [-0.4, -0.2) is 34.0 Å². The fraction of sp³-hybridized carbons (Fsp3) is 0.318. The number of rotatable bonds is 5. The van der Waals surface area contributed by atoms with Crippen molar-refractivity contribution in [1.29, 1.82) is 0 Å². The molecule has 0 saturated heterocycles. The van der Waals surface area contributed by atoms with Crippen molar-refractivity contribution >= 4 is 23.0 Å². The predicted molar refractivity (Wildman–Crippen MR) is 106 cm³/mol. The zero-order chi connectivity index (χ0) is 20.4. The first-order valence-electron chi connectivity index (χ1n) is 9.66. The zero-order valence-electron chi connectivity index (χ0n) is 16.2. The second-order valence-corrected chi connectivity index (χ2v) is 7.15. The van der Waals surface area contributed by atoms with E-state index in [4.69, 9.17) is 9.15 Å². The van der Waals surface area contributed by atoms with Crippen LogP contribution in [0.2, 0.25) is 0 Å². The molecule has 0 fully saturated rings. The summed E-state index contributed by atoms with van der Waals surface area (Å²) in [6.07, 6.45) is -0.103. The van der Waals surface area contributed by atoms with Crippen molar-refractivity contribution in [2.75, 3.05) is 6.54 Å². The van der Waals surface area contributed by atoms with Gasteiger partial charge in [0.15, 0.2) is 11.7 Å². The molecular formula is C22H22N2O5. The molecule has 29 heavy (non-hydrogen) atoms. The summed E-state index contributed by atoms with van der Waals surface area (Å²) in [5.74, 6) is -1.26. The molecule has 2 heterocycles. The molecule has 150 valence electrons. The van der Waals surface area contributed by atoms with E-state index in [1.54, 1.807) is 36.1 Å². The van der Waals surface area contributed by atoms with Crippen LogP contribution in [0.25, 0.3) is 11.1 Å². The number of benzene rings is 2. The summed E-state index contributed by atoms with van der Waals surface area (Å²) in [7, 11) is 0. The molecule has 1 aliphatic heterocycles. The van der Waals surface area contributed by atoms with Gasteiger partial charge in [0.1, 0.15) is 0 Å². The van der Waals surface area contributed by atoms with Crippen LogP contribution < -0.4 is 5.76 Å². The van der Waals surface area contributed by atoms with Crippen molar-refractivity contribution < 1.29 is 18.7 Å². The molecule has 0 bridgehead atoms.